The van der Waals surface area contributed by atoms with Crippen molar-refractivity contribution in [3.63, 3.8) is 0 Å². The van der Waals surface area contributed by atoms with Gasteiger partial charge in [-0.15, -0.1) is 0 Å². The lowest BCUT2D eigenvalue weighted by Crippen LogP contribution is -2.44. The highest BCUT2D eigenvalue weighted by molar-refractivity contribution is 5.92. The molecule has 1 aromatic rings. The first-order chi connectivity index (χ1) is 7.74. The first-order valence-corrected chi connectivity index (χ1v) is 5.72. The Morgan fingerprint density at radius 1 is 1.69 bits per heavy atom. The molecule has 5 heteroatoms. The molecule has 2 aliphatic rings. The lowest BCUT2D eigenvalue weighted by molar-refractivity contribution is 0.0647. The molecule has 0 radical (unpaired) electrons. The molecule has 86 valence electrons. The minimum Gasteiger partial charge on any atom is -0.361 e. The molecule has 2 saturated heterocycles. The number of amides is 1. The third kappa shape index (κ3) is 1.51. The summed E-state index contributed by atoms with van der Waals surface area (Å²) >= 11 is 0. The topological polar surface area (TPSA) is 58.4 Å². The summed E-state index contributed by atoms with van der Waals surface area (Å²) in [4.78, 5) is 14.1. The highest BCUT2D eigenvalue weighted by Gasteiger charge is 2.37. The average Bonchev–Trinajstić information content (AvgIpc) is 2.86. The van der Waals surface area contributed by atoms with Crippen LogP contribution in [0.4, 0.5) is 0 Å². The molecule has 2 unspecified atom stereocenters. The molecular weight excluding hydrogens is 206 g/mol. The van der Waals surface area contributed by atoms with Crippen LogP contribution in [-0.2, 0) is 0 Å². The van der Waals surface area contributed by atoms with Crippen LogP contribution in [0, 0.1) is 6.92 Å². The van der Waals surface area contributed by atoms with E-state index >= 15 is 0 Å². The number of nitrogens with one attached hydrogen (secondary N) is 1. The molecule has 2 atom stereocenters. The number of rotatable bonds is 1. The van der Waals surface area contributed by atoms with Crippen LogP contribution < -0.4 is 5.32 Å². The first kappa shape index (κ1) is 9.84. The summed E-state index contributed by atoms with van der Waals surface area (Å²) in [6.45, 7) is 3.54. The van der Waals surface area contributed by atoms with Crippen LogP contribution in [0.5, 0.6) is 0 Å². The van der Waals surface area contributed by atoms with Crippen LogP contribution in [0.3, 0.4) is 0 Å². The molecule has 1 N–H and O–H groups in total. The maximum atomic E-state index is 12.2. The second kappa shape index (κ2) is 3.59. The third-order valence-electron chi connectivity index (χ3n) is 3.47. The monoisotopic (exact) mass is 221 g/mol. The van der Waals surface area contributed by atoms with Crippen molar-refractivity contribution in [1.29, 1.82) is 0 Å². The summed E-state index contributed by atoms with van der Waals surface area (Å²) in [5, 5.41) is 7.21. The molecule has 0 saturated carbocycles. The van der Waals surface area contributed by atoms with Gasteiger partial charge in [0, 0.05) is 31.2 Å². The average molecular weight is 221 g/mol. The van der Waals surface area contributed by atoms with Crippen molar-refractivity contribution in [2.75, 3.05) is 13.1 Å². The van der Waals surface area contributed by atoms with E-state index in [4.69, 9.17) is 4.52 Å². The Balaban J connectivity index is 1.79. The Hall–Kier alpha value is -1.36. The number of aromatic nitrogens is 1. The Bertz CT molecular complexity index is 415. The summed E-state index contributed by atoms with van der Waals surface area (Å²) in [7, 11) is 0. The van der Waals surface area contributed by atoms with Crippen LogP contribution in [0.1, 0.15) is 29.1 Å². The quantitative estimate of drug-likeness (QED) is 0.752. The number of carbonyl (C=O) groups is 1. The van der Waals surface area contributed by atoms with Crippen molar-refractivity contribution < 1.29 is 9.32 Å². The lowest BCUT2D eigenvalue weighted by Gasteiger charge is -2.31. The molecule has 2 aliphatic heterocycles. The fraction of sp³-hybridized carbons (Fsp3) is 0.636. The maximum Gasteiger partial charge on any atom is 0.276 e. The number of piperidine rings is 1. The Kier molecular flexibility index (Phi) is 2.21. The van der Waals surface area contributed by atoms with E-state index in [9.17, 15) is 4.79 Å². The van der Waals surface area contributed by atoms with Gasteiger partial charge in [0.2, 0.25) is 0 Å². The molecule has 1 amide bonds. The highest BCUT2D eigenvalue weighted by atomic mass is 16.5. The van der Waals surface area contributed by atoms with E-state index in [1.54, 1.807) is 13.0 Å². The van der Waals surface area contributed by atoms with Crippen LogP contribution in [0.15, 0.2) is 10.6 Å². The largest absolute Gasteiger partial charge is 0.361 e. The van der Waals surface area contributed by atoms with Crippen LogP contribution in [-0.4, -0.2) is 41.1 Å². The van der Waals surface area contributed by atoms with Crippen LogP contribution in [0.25, 0.3) is 0 Å². The molecule has 3 rings (SSSR count). The third-order valence-corrected chi connectivity index (χ3v) is 3.47. The Morgan fingerprint density at radius 2 is 2.56 bits per heavy atom. The van der Waals surface area contributed by atoms with Gasteiger partial charge in [-0.2, -0.15) is 0 Å². The van der Waals surface area contributed by atoms with Gasteiger partial charge >= 0.3 is 0 Å². The zero-order valence-corrected chi connectivity index (χ0v) is 9.27. The molecule has 2 fully saturated rings. The van der Waals surface area contributed by atoms with Gasteiger partial charge in [0.1, 0.15) is 5.76 Å². The molecule has 2 bridgehead atoms. The second-order valence-corrected chi connectivity index (χ2v) is 4.60. The minimum atomic E-state index is 0.00370. The zero-order chi connectivity index (χ0) is 11.1. The van der Waals surface area contributed by atoms with E-state index in [0.29, 0.717) is 23.5 Å². The summed E-state index contributed by atoms with van der Waals surface area (Å²) in [6, 6.07) is 2.65. The lowest BCUT2D eigenvalue weighted by atomic mass is 10.0. The maximum absolute atomic E-state index is 12.2. The van der Waals surface area contributed by atoms with Crippen molar-refractivity contribution in [3.05, 3.63) is 17.5 Å². The molecule has 0 spiro atoms. The molecule has 1 aromatic heterocycles. The first-order valence-electron chi connectivity index (χ1n) is 5.72. The number of aryl methyl sites for hydroxylation is 1. The van der Waals surface area contributed by atoms with Gasteiger partial charge in [-0.3, -0.25) is 4.79 Å². The summed E-state index contributed by atoms with van der Waals surface area (Å²) < 4.78 is 4.94. The zero-order valence-electron chi connectivity index (χ0n) is 9.27. The summed E-state index contributed by atoms with van der Waals surface area (Å²) in [6.07, 6.45) is 2.11. The molecule has 0 aromatic carbocycles. The number of carbonyl (C=O) groups excluding carboxylic acids is 1. The highest BCUT2D eigenvalue weighted by Crippen LogP contribution is 2.24. The number of fused-ring (bicyclic) bond motifs is 2. The van der Waals surface area contributed by atoms with Crippen molar-refractivity contribution in [2.24, 2.45) is 0 Å². The predicted octanol–water partition coefficient (Wildman–Crippen LogP) is 0.559. The van der Waals surface area contributed by atoms with E-state index in [-0.39, 0.29) is 5.91 Å². The van der Waals surface area contributed by atoms with Crippen molar-refractivity contribution >= 4 is 5.91 Å². The van der Waals surface area contributed by atoms with Crippen molar-refractivity contribution in [1.82, 2.24) is 15.4 Å². The molecule has 16 heavy (non-hydrogen) atoms. The molecule has 0 aliphatic carbocycles. The summed E-state index contributed by atoms with van der Waals surface area (Å²) in [5.41, 5.74) is 0.433. The summed E-state index contributed by atoms with van der Waals surface area (Å²) in [5.74, 6) is 0.687. The van der Waals surface area contributed by atoms with E-state index in [1.807, 2.05) is 4.90 Å². The number of hydrogen-bond acceptors (Lipinski definition) is 4. The van der Waals surface area contributed by atoms with Gasteiger partial charge < -0.3 is 14.7 Å². The van der Waals surface area contributed by atoms with E-state index in [0.717, 1.165) is 25.9 Å². The predicted molar refractivity (Wildman–Crippen MR) is 57.1 cm³/mol. The van der Waals surface area contributed by atoms with Gasteiger partial charge in [-0.1, -0.05) is 5.16 Å². The molecular formula is C11H15N3O2. The van der Waals surface area contributed by atoms with Gasteiger partial charge in [-0.05, 0) is 19.8 Å². The Labute approximate surface area is 93.8 Å². The van der Waals surface area contributed by atoms with Gasteiger partial charge in [0.05, 0.1) is 0 Å². The SMILES string of the molecule is Cc1cc(C(=O)N2CCC3CC2CN3)no1. The second-order valence-electron chi connectivity index (χ2n) is 4.60. The number of hydrogen-bond donors (Lipinski definition) is 1. The minimum absolute atomic E-state index is 0.00370. The fourth-order valence-electron chi connectivity index (χ4n) is 2.61. The van der Waals surface area contributed by atoms with Gasteiger partial charge in [0.15, 0.2) is 5.69 Å². The molecule has 5 nitrogen and oxygen atoms in total. The van der Waals surface area contributed by atoms with Gasteiger partial charge in [0.25, 0.3) is 5.91 Å². The van der Waals surface area contributed by atoms with Crippen LogP contribution in [0.2, 0.25) is 0 Å². The van der Waals surface area contributed by atoms with E-state index in [2.05, 4.69) is 10.5 Å². The normalized spacial score (nSPS) is 28.4. The van der Waals surface area contributed by atoms with Crippen molar-refractivity contribution in [2.45, 2.75) is 31.8 Å². The van der Waals surface area contributed by atoms with Crippen LogP contribution >= 0.6 is 0 Å². The van der Waals surface area contributed by atoms with E-state index < -0.39 is 0 Å². The smallest absolute Gasteiger partial charge is 0.276 e. The number of nitrogens with zero attached hydrogens (tertiary/aromatic N) is 2. The fourth-order valence-corrected chi connectivity index (χ4v) is 2.61. The Morgan fingerprint density at radius 3 is 3.31 bits per heavy atom. The standard InChI is InChI=1S/C11H15N3O2/c1-7-4-10(13-16-7)11(15)14-3-2-8-5-9(14)6-12-8/h4,8-9,12H,2-3,5-6H2,1H3. The van der Waals surface area contributed by atoms with Crippen molar-refractivity contribution in [3.8, 4) is 0 Å². The van der Waals surface area contributed by atoms with E-state index in [1.165, 1.54) is 0 Å². The van der Waals surface area contributed by atoms with Gasteiger partial charge in [-0.25, -0.2) is 0 Å². The number of likely N-dealkylation sites (tertiary alicyclic amines) is 1. The molecule has 3 heterocycles.